The monoisotopic (exact) mass is 533 g/mol. The summed E-state index contributed by atoms with van der Waals surface area (Å²) in [6, 6.07) is 8.11. The van der Waals surface area contributed by atoms with E-state index in [0.717, 1.165) is 50.9 Å². The van der Waals surface area contributed by atoms with Gasteiger partial charge in [-0.1, -0.05) is 12.1 Å². The topological polar surface area (TPSA) is 78.4 Å². The van der Waals surface area contributed by atoms with Gasteiger partial charge >= 0.3 is 0 Å². The Labute approximate surface area is 197 Å². The fourth-order valence-corrected chi connectivity index (χ4v) is 2.91. The molecule has 1 atom stereocenters. The van der Waals surface area contributed by atoms with Crippen molar-refractivity contribution in [3.63, 3.8) is 0 Å². The zero-order valence-corrected chi connectivity index (χ0v) is 20.8. The molecule has 1 aliphatic rings. The van der Waals surface area contributed by atoms with Crippen molar-refractivity contribution in [1.29, 1.82) is 0 Å². The van der Waals surface area contributed by atoms with Crippen molar-refractivity contribution in [3.05, 3.63) is 29.8 Å². The lowest BCUT2D eigenvalue weighted by Crippen LogP contribution is -2.49. The molecule has 0 aliphatic carbocycles. The summed E-state index contributed by atoms with van der Waals surface area (Å²) in [6.45, 7) is 10.0. The molecule has 2 N–H and O–H groups in total. The van der Waals surface area contributed by atoms with Gasteiger partial charge in [-0.25, -0.2) is 4.99 Å². The number of ether oxygens (including phenoxy) is 2. The Morgan fingerprint density at radius 2 is 2.03 bits per heavy atom. The molecule has 1 aliphatic heterocycles. The molecule has 1 amide bonds. The van der Waals surface area contributed by atoms with E-state index in [4.69, 9.17) is 9.47 Å². The van der Waals surface area contributed by atoms with Crippen molar-refractivity contribution in [2.45, 2.75) is 26.4 Å². The lowest BCUT2D eigenvalue weighted by atomic mass is 10.2. The maximum atomic E-state index is 11.7. The number of hydrogen-bond acceptors (Lipinski definition) is 5. The minimum absolute atomic E-state index is 0. The number of nitrogens with one attached hydrogen (secondary N) is 2. The van der Waals surface area contributed by atoms with E-state index in [1.165, 1.54) is 4.90 Å². The average Bonchev–Trinajstić information content (AvgIpc) is 2.74. The number of carbonyl (C=O) groups is 1. The van der Waals surface area contributed by atoms with E-state index in [1.54, 1.807) is 14.1 Å². The van der Waals surface area contributed by atoms with Gasteiger partial charge in [-0.15, -0.1) is 24.0 Å². The molecular formula is C21H36IN5O3. The minimum Gasteiger partial charge on any atom is -0.484 e. The molecule has 1 unspecified atom stereocenters. The van der Waals surface area contributed by atoms with Gasteiger partial charge in [-0.05, 0) is 31.5 Å². The molecule has 0 saturated carbocycles. The highest BCUT2D eigenvalue weighted by atomic mass is 127. The second-order valence-electron chi connectivity index (χ2n) is 7.30. The van der Waals surface area contributed by atoms with Gasteiger partial charge in [-0.2, -0.15) is 0 Å². The summed E-state index contributed by atoms with van der Waals surface area (Å²) in [5.41, 5.74) is 1.03. The second-order valence-corrected chi connectivity index (χ2v) is 7.30. The molecule has 1 saturated heterocycles. The van der Waals surface area contributed by atoms with Crippen LogP contribution in [0.3, 0.4) is 0 Å². The number of likely N-dealkylation sites (N-methyl/N-ethyl adjacent to an activating group) is 1. The number of carbonyl (C=O) groups excluding carboxylic acids is 1. The number of guanidine groups is 1. The molecule has 1 aromatic carbocycles. The average molecular weight is 533 g/mol. The Hall–Kier alpha value is -1.59. The summed E-state index contributed by atoms with van der Waals surface area (Å²) in [6.07, 6.45) is 0. The minimum atomic E-state index is -0.0681. The summed E-state index contributed by atoms with van der Waals surface area (Å²) in [5.74, 6) is 1.40. The summed E-state index contributed by atoms with van der Waals surface area (Å²) >= 11 is 0. The number of morpholine rings is 1. The summed E-state index contributed by atoms with van der Waals surface area (Å²) < 4.78 is 11.0. The van der Waals surface area contributed by atoms with E-state index in [0.29, 0.717) is 18.3 Å². The molecule has 0 bridgehead atoms. The molecule has 9 heteroatoms. The number of halogens is 1. The first-order chi connectivity index (χ1) is 14.0. The van der Waals surface area contributed by atoms with Crippen molar-refractivity contribution in [2.24, 2.45) is 4.99 Å². The lowest BCUT2D eigenvalue weighted by Gasteiger charge is -2.32. The number of rotatable bonds is 9. The summed E-state index contributed by atoms with van der Waals surface area (Å²) in [4.78, 5) is 20.3. The van der Waals surface area contributed by atoms with Crippen LogP contribution in [0, 0.1) is 0 Å². The van der Waals surface area contributed by atoms with Crippen molar-refractivity contribution >= 4 is 35.8 Å². The number of amides is 1. The van der Waals surface area contributed by atoms with E-state index in [1.807, 2.05) is 24.3 Å². The van der Waals surface area contributed by atoms with Gasteiger partial charge in [0.1, 0.15) is 5.75 Å². The van der Waals surface area contributed by atoms with Crippen LogP contribution >= 0.6 is 24.0 Å². The molecule has 8 nitrogen and oxygen atoms in total. The van der Waals surface area contributed by atoms with Gasteiger partial charge in [-0.3, -0.25) is 9.69 Å². The van der Waals surface area contributed by atoms with Gasteiger partial charge in [0.15, 0.2) is 12.6 Å². The van der Waals surface area contributed by atoms with Crippen molar-refractivity contribution in [1.82, 2.24) is 20.4 Å². The Kier molecular flexibility index (Phi) is 12.7. The molecule has 1 fully saturated rings. The molecular weight excluding hydrogens is 497 g/mol. The first-order valence-corrected chi connectivity index (χ1v) is 10.3. The highest BCUT2D eigenvalue weighted by Gasteiger charge is 2.17. The molecule has 0 aromatic heterocycles. The molecule has 30 heavy (non-hydrogen) atoms. The first-order valence-electron chi connectivity index (χ1n) is 10.3. The third-order valence-electron chi connectivity index (χ3n) is 4.76. The fraction of sp³-hybridized carbons (Fsp3) is 0.619. The first kappa shape index (κ1) is 26.4. The second kappa shape index (κ2) is 14.4. The lowest BCUT2D eigenvalue weighted by molar-refractivity contribution is -0.130. The van der Waals surface area contributed by atoms with Crippen LogP contribution in [0.25, 0.3) is 0 Å². The molecule has 1 aromatic rings. The van der Waals surface area contributed by atoms with Crippen molar-refractivity contribution < 1.29 is 14.3 Å². The Bertz CT molecular complexity index is 666. The van der Waals surface area contributed by atoms with Gasteiger partial charge in [0.25, 0.3) is 5.91 Å². The largest absolute Gasteiger partial charge is 0.484 e. The van der Waals surface area contributed by atoms with E-state index >= 15 is 0 Å². The predicted octanol–water partition coefficient (Wildman–Crippen LogP) is 1.55. The molecule has 0 spiro atoms. The number of benzene rings is 1. The van der Waals surface area contributed by atoms with E-state index < -0.39 is 0 Å². The highest BCUT2D eigenvalue weighted by molar-refractivity contribution is 14.0. The van der Waals surface area contributed by atoms with Crippen LogP contribution in [0.2, 0.25) is 0 Å². The molecule has 170 valence electrons. The van der Waals surface area contributed by atoms with Crippen LogP contribution in [0.5, 0.6) is 5.75 Å². The van der Waals surface area contributed by atoms with E-state index in [2.05, 4.69) is 34.4 Å². The molecule has 2 rings (SSSR count). The SMILES string of the molecule is CCNC(=NCc1cccc(OCC(=O)N(C)C)c1)NCC(C)N1CCOCC1.I. The third-order valence-corrected chi connectivity index (χ3v) is 4.76. The molecule has 0 radical (unpaired) electrons. The standard InChI is InChI=1S/C21H35N5O3.HI/c1-5-22-21(23-14-17(2)26-9-11-28-12-10-26)24-15-18-7-6-8-19(13-18)29-16-20(27)25(3)4;/h6-8,13,17H,5,9-12,14-16H2,1-4H3,(H2,22,23,24);1H. The van der Waals surface area contributed by atoms with Gasteiger partial charge < -0.3 is 25.0 Å². The third kappa shape index (κ3) is 9.48. The number of aliphatic imine (C=N–C) groups is 1. The normalized spacial score (nSPS) is 15.7. The number of hydrogen-bond donors (Lipinski definition) is 2. The van der Waals surface area contributed by atoms with Gasteiger partial charge in [0, 0.05) is 46.3 Å². The van der Waals surface area contributed by atoms with Gasteiger partial charge in [0.2, 0.25) is 0 Å². The zero-order valence-electron chi connectivity index (χ0n) is 18.5. The quantitative estimate of drug-likeness (QED) is 0.285. The van der Waals surface area contributed by atoms with E-state index in [9.17, 15) is 4.79 Å². The number of nitrogens with zero attached hydrogens (tertiary/aromatic N) is 3. The Balaban J connectivity index is 0.00000450. The van der Waals surface area contributed by atoms with Crippen LogP contribution in [0.1, 0.15) is 19.4 Å². The van der Waals surface area contributed by atoms with Gasteiger partial charge in [0.05, 0.1) is 19.8 Å². The van der Waals surface area contributed by atoms with Crippen molar-refractivity contribution in [3.8, 4) is 5.75 Å². The van der Waals surface area contributed by atoms with Crippen LogP contribution in [-0.2, 0) is 16.1 Å². The zero-order chi connectivity index (χ0) is 21.1. The fourth-order valence-electron chi connectivity index (χ4n) is 2.91. The Morgan fingerprint density at radius 3 is 2.70 bits per heavy atom. The Morgan fingerprint density at radius 1 is 1.30 bits per heavy atom. The van der Waals surface area contributed by atoms with Crippen LogP contribution in [-0.4, -0.2) is 87.8 Å². The van der Waals surface area contributed by atoms with Crippen LogP contribution in [0.15, 0.2) is 29.3 Å². The van der Waals surface area contributed by atoms with E-state index in [-0.39, 0.29) is 36.5 Å². The maximum Gasteiger partial charge on any atom is 0.259 e. The molecule has 1 heterocycles. The maximum absolute atomic E-state index is 11.7. The summed E-state index contributed by atoms with van der Waals surface area (Å²) in [7, 11) is 3.43. The van der Waals surface area contributed by atoms with Crippen LogP contribution in [0.4, 0.5) is 0 Å². The van der Waals surface area contributed by atoms with Crippen molar-refractivity contribution in [2.75, 3.05) is 60.1 Å². The summed E-state index contributed by atoms with van der Waals surface area (Å²) in [5, 5.41) is 6.72. The highest BCUT2D eigenvalue weighted by Crippen LogP contribution is 2.14. The smallest absolute Gasteiger partial charge is 0.259 e. The van der Waals surface area contributed by atoms with Crippen LogP contribution < -0.4 is 15.4 Å². The predicted molar refractivity (Wildman–Crippen MR) is 131 cm³/mol.